The van der Waals surface area contributed by atoms with E-state index in [1.807, 2.05) is 30.5 Å². The number of fused-ring (bicyclic) bond motifs is 1. The number of pyridine rings is 1. The van der Waals surface area contributed by atoms with E-state index < -0.39 is 0 Å². The summed E-state index contributed by atoms with van der Waals surface area (Å²) < 4.78 is 5.41. The lowest BCUT2D eigenvalue weighted by Crippen LogP contribution is -2.38. The van der Waals surface area contributed by atoms with Crippen LogP contribution in [0.2, 0.25) is 0 Å². The number of ether oxygens (including phenoxy) is 1. The molecule has 0 aromatic carbocycles. The van der Waals surface area contributed by atoms with E-state index in [1.54, 1.807) is 6.20 Å². The van der Waals surface area contributed by atoms with E-state index in [9.17, 15) is 4.79 Å². The van der Waals surface area contributed by atoms with Gasteiger partial charge in [-0.3, -0.25) is 14.7 Å². The molecule has 0 spiro atoms. The smallest absolute Gasteiger partial charge is 0.254 e. The Labute approximate surface area is 173 Å². The standard InChI is InChI=1S/C21H23N7O2/c29-20-16-5-8-27(14-18(16)25-19(26-20)17-3-1-2-6-22-17)13-15-4-7-23-21(24-15)28-9-11-30-12-10-28/h1-4,6-7H,5,8-14H2,(H,25,26,29). The minimum atomic E-state index is -0.0723. The van der Waals surface area contributed by atoms with Crippen molar-refractivity contribution in [3.05, 3.63) is 64.0 Å². The number of hydrogen-bond donors (Lipinski definition) is 1. The highest BCUT2D eigenvalue weighted by Crippen LogP contribution is 2.19. The molecule has 154 valence electrons. The van der Waals surface area contributed by atoms with Crippen LogP contribution >= 0.6 is 0 Å². The van der Waals surface area contributed by atoms with E-state index in [-0.39, 0.29) is 5.56 Å². The summed E-state index contributed by atoms with van der Waals surface area (Å²) in [6.45, 7) is 5.11. The molecule has 2 aliphatic rings. The van der Waals surface area contributed by atoms with Crippen molar-refractivity contribution in [2.24, 2.45) is 0 Å². The van der Waals surface area contributed by atoms with Crippen LogP contribution in [0.15, 0.2) is 41.5 Å². The number of morpholine rings is 1. The lowest BCUT2D eigenvalue weighted by molar-refractivity contribution is 0.122. The van der Waals surface area contributed by atoms with Gasteiger partial charge < -0.3 is 14.6 Å². The van der Waals surface area contributed by atoms with Crippen LogP contribution in [-0.2, 0) is 24.2 Å². The number of rotatable bonds is 4. The number of anilines is 1. The van der Waals surface area contributed by atoms with Gasteiger partial charge in [-0.2, -0.15) is 0 Å². The maximum absolute atomic E-state index is 12.6. The number of hydrogen-bond acceptors (Lipinski definition) is 8. The summed E-state index contributed by atoms with van der Waals surface area (Å²) in [4.78, 5) is 38.0. The molecule has 30 heavy (non-hydrogen) atoms. The van der Waals surface area contributed by atoms with Crippen molar-refractivity contribution < 1.29 is 4.74 Å². The first kappa shape index (κ1) is 18.8. The molecule has 1 N–H and O–H groups in total. The summed E-state index contributed by atoms with van der Waals surface area (Å²) in [5, 5.41) is 0. The second kappa shape index (κ2) is 8.29. The Morgan fingerprint density at radius 3 is 2.77 bits per heavy atom. The first-order valence-electron chi connectivity index (χ1n) is 10.2. The van der Waals surface area contributed by atoms with Crippen LogP contribution in [0, 0.1) is 0 Å². The third-order valence-corrected chi connectivity index (χ3v) is 5.44. The first-order chi connectivity index (χ1) is 14.8. The molecule has 0 bridgehead atoms. The van der Waals surface area contributed by atoms with E-state index >= 15 is 0 Å². The summed E-state index contributed by atoms with van der Waals surface area (Å²) in [5.74, 6) is 1.26. The van der Waals surface area contributed by atoms with Crippen molar-refractivity contribution in [1.29, 1.82) is 0 Å². The van der Waals surface area contributed by atoms with Gasteiger partial charge >= 0.3 is 0 Å². The summed E-state index contributed by atoms with van der Waals surface area (Å²) in [6, 6.07) is 7.52. The molecule has 9 heteroatoms. The number of aromatic amines is 1. The van der Waals surface area contributed by atoms with E-state index in [1.165, 1.54) is 0 Å². The molecule has 0 radical (unpaired) electrons. The third-order valence-electron chi connectivity index (χ3n) is 5.44. The van der Waals surface area contributed by atoms with Crippen LogP contribution in [0.3, 0.4) is 0 Å². The Morgan fingerprint density at radius 2 is 1.93 bits per heavy atom. The number of nitrogens with one attached hydrogen (secondary N) is 1. The molecular weight excluding hydrogens is 382 g/mol. The average molecular weight is 405 g/mol. The van der Waals surface area contributed by atoms with Crippen LogP contribution < -0.4 is 10.5 Å². The zero-order valence-corrected chi connectivity index (χ0v) is 16.6. The van der Waals surface area contributed by atoms with Gasteiger partial charge in [-0.05, 0) is 24.6 Å². The molecule has 5 rings (SSSR count). The summed E-state index contributed by atoms with van der Waals surface area (Å²) in [6.07, 6.45) is 4.18. The Hall–Kier alpha value is -3.17. The zero-order chi connectivity index (χ0) is 20.3. The highest BCUT2D eigenvalue weighted by Gasteiger charge is 2.22. The second-order valence-electron chi connectivity index (χ2n) is 7.46. The molecule has 2 aliphatic heterocycles. The zero-order valence-electron chi connectivity index (χ0n) is 16.6. The molecule has 0 atom stereocenters. The van der Waals surface area contributed by atoms with E-state index in [0.717, 1.165) is 42.5 Å². The molecule has 0 amide bonds. The van der Waals surface area contributed by atoms with E-state index in [2.05, 4.69) is 24.8 Å². The Balaban J connectivity index is 1.34. The minimum absolute atomic E-state index is 0.0723. The normalized spacial score (nSPS) is 17.0. The number of H-pyrrole nitrogens is 1. The van der Waals surface area contributed by atoms with E-state index in [4.69, 9.17) is 14.7 Å². The van der Waals surface area contributed by atoms with Gasteiger partial charge in [-0.25, -0.2) is 15.0 Å². The van der Waals surface area contributed by atoms with Gasteiger partial charge in [0.1, 0.15) is 5.69 Å². The molecule has 1 fully saturated rings. The van der Waals surface area contributed by atoms with Crippen molar-refractivity contribution >= 4 is 5.95 Å². The number of nitrogens with zero attached hydrogens (tertiary/aromatic N) is 6. The molecule has 0 saturated carbocycles. The van der Waals surface area contributed by atoms with Crippen molar-refractivity contribution in [3.8, 4) is 11.5 Å². The molecule has 3 aromatic rings. The Morgan fingerprint density at radius 1 is 1.03 bits per heavy atom. The van der Waals surface area contributed by atoms with Gasteiger partial charge in [0.2, 0.25) is 5.95 Å². The molecule has 0 aliphatic carbocycles. The van der Waals surface area contributed by atoms with Crippen molar-refractivity contribution in [3.63, 3.8) is 0 Å². The molecular formula is C21H23N7O2. The predicted octanol–water partition coefficient (Wildman–Crippen LogP) is 1.02. The van der Waals surface area contributed by atoms with Crippen molar-refractivity contribution in [2.45, 2.75) is 19.5 Å². The SMILES string of the molecule is O=c1[nH]c(-c2ccccn2)nc2c1CCN(Cc1ccnc(N3CCOCC3)n1)C2. The maximum atomic E-state index is 12.6. The van der Waals surface area contributed by atoms with Crippen LogP contribution in [0.5, 0.6) is 0 Å². The maximum Gasteiger partial charge on any atom is 0.254 e. The largest absolute Gasteiger partial charge is 0.378 e. The Bertz CT molecular complexity index is 1080. The topological polar surface area (TPSA) is 100 Å². The average Bonchev–Trinajstić information content (AvgIpc) is 2.80. The third kappa shape index (κ3) is 3.94. The van der Waals surface area contributed by atoms with Crippen molar-refractivity contribution in [2.75, 3.05) is 37.7 Å². The highest BCUT2D eigenvalue weighted by molar-refractivity contribution is 5.49. The van der Waals surface area contributed by atoms with Gasteiger partial charge in [-0.1, -0.05) is 6.07 Å². The lowest BCUT2D eigenvalue weighted by Gasteiger charge is -2.29. The fourth-order valence-corrected chi connectivity index (χ4v) is 3.87. The summed E-state index contributed by atoms with van der Waals surface area (Å²) in [7, 11) is 0. The first-order valence-corrected chi connectivity index (χ1v) is 10.2. The molecule has 5 heterocycles. The molecule has 3 aromatic heterocycles. The van der Waals surface area contributed by atoms with Crippen LogP contribution in [0.4, 0.5) is 5.95 Å². The van der Waals surface area contributed by atoms with Gasteiger partial charge in [0.15, 0.2) is 5.82 Å². The summed E-state index contributed by atoms with van der Waals surface area (Å²) in [5.41, 5.74) is 3.14. The quantitative estimate of drug-likeness (QED) is 0.687. The minimum Gasteiger partial charge on any atom is -0.378 e. The predicted molar refractivity (Wildman–Crippen MR) is 111 cm³/mol. The van der Waals surface area contributed by atoms with Crippen molar-refractivity contribution in [1.82, 2.24) is 29.8 Å². The van der Waals surface area contributed by atoms with Gasteiger partial charge in [0.25, 0.3) is 5.56 Å². The fraction of sp³-hybridized carbons (Fsp3) is 0.381. The Kier molecular flexibility index (Phi) is 5.20. The van der Waals surface area contributed by atoms with Gasteiger partial charge in [0.05, 0.1) is 24.6 Å². The highest BCUT2D eigenvalue weighted by atomic mass is 16.5. The van der Waals surface area contributed by atoms with Crippen LogP contribution in [0.1, 0.15) is 17.0 Å². The number of aromatic nitrogens is 5. The van der Waals surface area contributed by atoms with Gasteiger partial charge in [-0.15, -0.1) is 0 Å². The van der Waals surface area contributed by atoms with E-state index in [0.29, 0.717) is 44.2 Å². The molecule has 1 saturated heterocycles. The molecule has 9 nitrogen and oxygen atoms in total. The molecule has 0 unspecified atom stereocenters. The van der Waals surface area contributed by atoms with Crippen LogP contribution in [-0.4, -0.2) is 62.7 Å². The monoisotopic (exact) mass is 405 g/mol. The van der Waals surface area contributed by atoms with Gasteiger partial charge in [0, 0.05) is 50.7 Å². The second-order valence-corrected chi connectivity index (χ2v) is 7.46. The fourth-order valence-electron chi connectivity index (χ4n) is 3.87. The summed E-state index contributed by atoms with van der Waals surface area (Å²) >= 11 is 0. The van der Waals surface area contributed by atoms with Crippen LogP contribution in [0.25, 0.3) is 11.5 Å². The lowest BCUT2D eigenvalue weighted by atomic mass is 10.1.